The lowest BCUT2D eigenvalue weighted by Gasteiger charge is -1.98. The molecule has 1 heteroatoms. The van der Waals surface area contributed by atoms with Gasteiger partial charge in [0.05, 0.1) is 0 Å². The van der Waals surface area contributed by atoms with Gasteiger partial charge < -0.3 is 5.73 Å². The van der Waals surface area contributed by atoms with E-state index in [1.54, 1.807) is 0 Å². The smallest absolute Gasteiger partial charge is 0.0115 e. The zero-order valence-electron chi connectivity index (χ0n) is 6.75. The molecule has 0 bridgehead atoms. The van der Waals surface area contributed by atoms with Crippen molar-refractivity contribution in [3.8, 4) is 0 Å². The Morgan fingerprint density at radius 2 is 2.18 bits per heavy atom. The molecule has 1 fully saturated rings. The van der Waals surface area contributed by atoms with E-state index in [0.717, 1.165) is 0 Å². The van der Waals surface area contributed by atoms with Crippen LogP contribution in [0.3, 0.4) is 0 Å². The lowest BCUT2D eigenvalue weighted by Crippen LogP contribution is -2.00. The minimum absolute atomic E-state index is 0.428. The highest BCUT2D eigenvalue weighted by Gasteiger charge is 2.34. The van der Waals surface area contributed by atoms with Crippen LogP contribution in [-0.4, -0.2) is 6.04 Å². The lowest BCUT2D eigenvalue weighted by atomic mass is 10.1. The molecular formula is C10H13N. The molecule has 1 saturated carbocycles. The fourth-order valence-electron chi connectivity index (χ4n) is 1.50. The zero-order chi connectivity index (χ0) is 7.84. The predicted octanol–water partition coefficient (Wildman–Crippen LogP) is 1.81. The van der Waals surface area contributed by atoms with Crippen molar-refractivity contribution in [3.05, 3.63) is 35.4 Å². The number of hydrogen-bond acceptors (Lipinski definition) is 1. The highest BCUT2D eigenvalue weighted by molar-refractivity contribution is 5.30. The second-order valence-corrected chi connectivity index (χ2v) is 3.42. The summed E-state index contributed by atoms with van der Waals surface area (Å²) < 4.78 is 0. The Morgan fingerprint density at radius 1 is 1.45 bits per heavy atom. The van der Waals surface area contributed by atoms with Gasteiger partial charge in [-0.25, -0.2) is 0 Å². The van der Waals surface area contributed by atoms with Crippen LogP contribution in [0.4, 0.5) is 0 Å². The molecule has 0 spiro atoms. The quantitative estimate of drug-likeness (QED) is 0.644. The first-order chi connectivity index (χ1) is 5.27. The predicted molar refractivity (Wildman–Crippen MR) is 46.5 cm³/mol. The van der Waals surface area contributed by atoms with Gasteiger partial charge in [-0.05, 0) is 18.9 Å². The summed E-state index contributed by atoms with van der Waals surface area (Å²) in [6.45, 7) is 2.12. The van der Waals surface area contributed by atoms with Gasteiger partial charge in [0.15, 0.2) is 0 Å². The Hall–Kier alpha value is -0.820. The molecule has 1 aromatic carbocycles. The minimum Gasteiger partial charge on any atom is -0.327 e. The van der Waals surface area contributed by atoms with Gasteiger partial charge in [-0.2, -0.15) is 0 Å². The first kappa shape index (κ1) is 6.86. The Kier molecular flexibility index (Phi) is 1.46. The summed E-state index contributed by atoms with van der Waals surface area (Å²) in [5.41, 5.74) is 8.50. The number of rotatable bonds is 1. The van der Waals surface area contributed by atoms with Gasteiger partial charge in [-0.1, -0.05) is 29.8 Å². The van der Waals surface area contributed by atoms with Gasteiger partial charge in [0.25, 0.3) is 0 Å². The third kappa shape index (κ3) is 1.29. The van der Waals surface area contributed by atoms with E-state index in [4.69, 9.17) is 5.73 Å². The van der Waals surface area contributed by atoms with Crippen molar-refractivity contribution in [2.75, 3.05) is 0 Å². The van der Waals surface area contributed by atoms with E-state index < -0.39 is 0 Å². The molecule has 58 valence electrons. The van der Waals surface area contributed by atoms with Crippen molar-refractivity contribution in [2.45, 2.75) is 25.3 Å². The van der Waals surface area contributed by atoms with E-state index in [9.17, 15) is 0 Å². The van der Waals surface area contributed by atoms with Gasteiger partial charge in [0.2, 0.25) is 0 Å². The summed E-state index contributed by atoms with van der Waals surface area (Å²) >= 11 is 0. The molecule has 0 saturated heterocycles. The summed E-state index contributed by atoms with van der Waals surface area (Å²) in [5.74, 6) is 0.648. The minimum atomic E-state index is 0.428. The van der Waals surface area contributed by atoms with Crippen LogP contribution in [0, 0.1) is 6.92 Å². The zero-order valence-corrected chi connectivity index (χ0v) is 6.75. The van der Waals surface area contributed by atoms with Crippen molar-refractivity contribution in [1.82, 2.24) is 0 Å². The molecule has 0 amide bonds. The molecule has 2 N–H and O–H groups in total. The van der Waals surface area contributed by atoms with Gasteiger partial charge >= 0.3 is 0 Å². The molecule has 0 aromatic heterocycles. The van der Waals surface area contributed by atoms with Crippen molar-refractivity contribution >= 4 is 0 Å². The van der Waals surface area contributed by atoms with Crippen LogP contribution in [0.5, 0.6) is 0 Å². The summed E-state index contributed by atoms with van der Waals surface area (Å²) in [5, 5.41) is 0. The van der Waals surface area contributed by atoms with Gasteiger partial charge in [0, 0.05) is 12.0 Å². The average Bonchev–Trinajstić information content (AvgIpc) is 2.67. The Labute approximate surface area is 67.2 Å². The normalized spacial score (nSPS) is 28.5. The number of aryl methyl sites for hydroxylation is 1. The summed E-state index contributed by atoms with van der Waals surface area (Å²) in [7, 11) is 0. The van der Waals surface area contributed by atoms with E-state index >= 15 is 0 Å². The van der Waals surface area contributed by atoms with Crippen LogP contribution >= 0.6 is 0 Å². The van der Waals surface area contributed by atoms with Crippen molar-refractivity contribution in [3.63, 3.8) is 0 Å². The molecule has 2 rings (SSSR count). The maximum Gasteiger partial charge on any atom is 0.0115 e. The van der Waals surface area contributed by atoms with Gasteiger partial charge in [-0.15, -0.1) is 0 Å². The van der Waals surface area contributed by atoms with Crippen LogP contribution in [0.2, 0.25) is 0 Å². The molecule has 1 nitrogen and oxygen atoms in total. The van der Waals surface area contributed by atoms with E-state index in [1.807, 2.05) is 0 Å². The number of nitrogens with two attached hydrogens (primary N) is 1. The van der Waals surface area contributed by atoms with E-state index in [0.29, 0.717) is 12.0 Å². The maximum atomic E-state index is 5.75. The topological polar surface area (TPSA) is 26.0 Å². The van der Waals surface area contributed by atoms with E-state index in [2.05, 4.69) is 31.2 Å². The second-order valence-electron chi connectivity index (χ2n) is 3.42. The molecule has 1 aliphatic rings. The van der Waals surface area contributed by atoms with E-state index in [-0.39, 0.29) is 0 Å². The molecule has 1 aliphatic carbocycles. The largest absolute Gasteiger partial charge is 0.327 e. The fourth-order valence-corrected chi connectivity index (χ4v) is 1.50. The Balaban J connectivity index is 2.25. The van der Waals surface area contributed by atoms with Crippen LogP contribution < -0.4 is 5.73 Å². The lowest BCUT2D eigenvalue weighted by molar-refractivity contribution is 0.988. The van der Waals surface area contributed by atoms with Gasteiger partial charge in [0.1, 0.15) is 0 Å². The number of benzene rings is 1. The standard InChI is InChI=1S/C10H13N/c1-7-3-2-4-8(5-7)9-6-10(9)11/h2-5,9-10H,6,11H2,1H3. The first-order valence-electron chi connectivity index (χ1n) is 4.09. The molecular weight excluding hydrogens is 134 g/mol. The molecule has 0 heterocycles. The molecule has 2 atom stereocenters. The van der Waals surface area contributed by atoms with Crippen molar-refractivity contribution in [1.29, 1.82) is 0 Å². The fraction of sp³-hybridized carbons (Fsp3) is 0.400. The van der Waals surface area contributed by atoms with Crippen molar-refractivity contribution < 1.29 is 0 Å². The van der Waals surface area contributed by atoms with Crippen LogP contribution in [0.25, 0.3) is 0 Å². The van der Waals surface area contributed by atoms with Crippen LogP contribution in [0.1, 0.15) is 23.5 Å². The van der Waals surface area contributed by atoms with E-state index in [1.165, 1.54) is 17.5 Å². The molecule has 2 unspecified atom stereocenters. The van der Waals surface area contributed by atoms with Crippen LogP contribution in [-0.2, 0) is 0 Å². The third-order valence-electron chi connectivity index (χ3n) is 2.31. The summed E-state index contributed by atoms with van der Waals surface area (Å²) in [6, 6.07) is 9.06. The third-order valence-corrected chi connectivity index (χ3v) is 2.31. The average molecular weight is 147 g/mol. The molecule has 11 heavy (non-hydrogen) atoms. The molecule has 1 aromatic rings. The monoisotopic (exact) mass is 147 g/mol. The van der Waals surface area contributed by atoms with Gasteiger partial charge in [-0.3, -0.25) is 0 Å². The summed E-state index contributed by atoms with van der Waals surface area (Å²) in [4.78, 5) is 0. The summed E-state index contributed by atoms with van der Waals surface area (Å²) in [6.07, 6.45) is 1.17. The highest BCUT2D eigenvalue weighted by atomic mass is 14.7. The maximum absolute atomic E-state index is 5.75. The first-order valence-corrected chi connectivity index (χ1v) is 4.09. The Morgan fingerprint density at radius 3 is 2.73 bits per heavy atom. The second kappa shape index (κ2) is 2.35. The van der Waals surface area contributed by atoms with Crippen molar-refractivity contribution in [2.24, 2.45) is 5.73 Å². The molecule has 0 radical (unpaired) electrons. The Bertz CT molecular complexity index is 267. The molecule has 0 aliphatic heterocycles. The SMILES string of the molecule is Cc1cccc(C2CC2N)c1. The highest BCUT2D eigenvalue weighted by Crippen LogP contribution is 2.38. The van der Waals surface area contributed by atoms with Crippen LogP contribution in [0.15, 0.2) is 24.3 Å². The number of hydrogen-bond donors (Lipinski definition) is 1.